The van der Waals surface area contributed by atoms with Crippen LogP contribution < -0.4 is 4.90 Å². The van der Waals surface area contributed by atoms with Gasteiger partial charge in [0, 0.05) is 17.8 Å². The number of aryl methyl sites for hydroxylation is 1. The van der Waals surface area contributed by atoms with Crippen molar-refractivity contribution < 1.29 is 0 Å². The summed E-state index contributed by atoms with van der Waals surface area (Å²) in [5.74, 6) is 0. The molecule has 1 nitrogen and oxygen atoms in total. The van der Waals surface area contributed by atoms with E-state index in [1.165, 1.54) is 36.9 Å². The average molecular weight is 187 g/mol. The minimum absolute atomic E-state index is 0.858. The Bertz CT molecular complexity index is 314. The molecule has 2 fully saturated rings. The number of hydrogen-bond acceptors (Lipinski definition) is 1. The van der Waals surface area contributed by atoms with Gasteiger partial charge >= 0.3 is 0 Å². The molecule has 0 amide bonds. The van der Waals surface area contributed by atoms with E-state index >= 15 is 0 Å². The molecule has 0 aliphatic carbocycles. The average Bonchev–Trinajstić information content (AvgIpc) is 2.22. The van der Waals surface area contributed by atoms with E-state index in [0.717, 1.165) is 12.1 Å². The van der Waals surface area contributed by atoms with Crippen molar-refractivity contribution in [1.82, 2.24) is 0 Å². The van der Waals surface area contributed by atoms with Gasteiger partial charge in [0.1, 0.15) is 0 Å². The van der Waals surface area contributed by atoms with E-state index in [-0.39, 0.29) is 0 Å². The molecular formula is C13H17N. The smallest absolute Gasteiger partial charge is 0.0371 e. The van der Waals surface area contributed by atoms with E-state index in [1.807, 2.05) is 0 Å². The Kier molecular flexibility index (Phi) is 1.79. The number of rotatable bonds is 1. The Balaban J connectivity index is 1.86. The van der Waals surface area contributed by atoms with Gasteiger partial charge in [0.25, 0.3) is 0 Å². The van der Waals surface area contributed by atoms with E-state index in [4.69, 9.17) is 0 Å². The summed E-state index contributed by atoms with van der Waals surface area (Å²) in [7, 11) is 0. The number of benzene rings is 1. The van der Waals surface area contributed by atoms with Gasteiger partial charge in [-0.25, -0.2) is 0 Å². The van der Waals surface area contributed by atoms with Crippen molar-refractivity contribution in [1.29, 1.82) is 0 Å². The van der Waals surface area contributed by atoms with Gasteiger partial charge in [0.2, 0.25) is 0 Å². The zero-order valence-corrected chi connectivity index (χ0v) is 8.74. The second-order valence-electron chi connectivity index (χ2n) is 4.72. The van der Waals surface area contributed by atoms with Crippen LogP contribution in [0.1, 0.15) is 31.2 Å². The molecule has 1 heteroatoms. The summed E-state index contributed by atoms with van der Waals surface area (Å²) < 4.78 is 0. The quantitative estimate of drug-likeness (QED) is 0.653. The van der Waals surface area contributed by atoms with Gasteiger partial charge < -0.3 is 4.90 Å². The van der Waals surface area contributed by atoms with Gasteiger partial charge in [-0.05, 0) is 44.7 Å². The Hall–Kier alpha value is -0.980. The lowest BCUT2D eigenvalue weighted by Gasteiger charge is -2.54. The number of piperidine rings is 1. The van der Waals surface area contributed by atoms with Crippen molar-refractivity contribution >= 4 is 5.69 Å². The fraction of sp³-hybridized carbons (Fsp3) is 0.538. The first-order valence-electron chi connectivity index (χ1n) is 5.69. The standard InChI is InChI=1S/C13H17N/c1-10-5-7-11(8-6-10)14-12-3-2-4-13(14)9-12/h5-8,12-13H,2-4,9H2,1H3. The third-order valence-corrected chi connectivity index (χ3v) is 3.74. The Morgan fingerprint density at radius 3 is 2.29 bits per heavy atom. The van der Waals surface area contributed by atoms with E-state index in [2.05, 4.69) is 36.1 Å². The lowest BCUT2D eigenvalue weighted by molar-refractivity contribution is 0.244. The van der Waals surface area contributed by atoms with Crippen molar-refractivity contribution in [3.05, 3.63) is 29.8 Å². The van der Waals surface area contributed by atoms with E-state index < -0.39 is 0 Å². The molecule has 2 heterocycles. The SMILES string of the molecule is Cc1ccc(N2C3CCCC2C3)cc1. The van der Waals surface area contributed by atoms with E-state index in [9.17, 15) is 0 Å². The Morgan fingerprint density at radius 1 is 1.07 bits per heavy atom. The summed E-state index contributed by atoms with van der Waals surface area (Å²) in [6.45, 7) is 2.15. The summed E-state index contributed by atoms with van der Waals surface area (Å²) >= 11 is 0. The molecule has 0 spiro atoms. The molecule has 1 aromatic carbocycles. The molecule has 2 bridgehead atoms. The van der Waals surface area contributed by atoms with Gasteiger partial charge in [-0.1, -0.05) is 17.7 Å². The molecule has 2 atom stereocenters. The van der Waals surface area contributed by atoms with Crippen molar-refractivity contribution in [2.75, 3.05) is 4.90 Å². The van der Waals surface area contributed by atoms with Crippen molar-refractivity contribution in [2.24, 2.45) is 0 Å². The predicted octanol–water partition coefficient (Wildman–Crippen LogP) is 3.13. The minimum Gasteiger partial charge on any atom is -0.365 e. The zero-order chi connectivity index (χ0) is 9.54. The van der Waals surface area contributed by atoms with Crippen molar-refractivity contribution in [2.45, 2.75) is 44.7 Å². The topological polar surface area (TPSA) is 3.24 Å². The lowest BCUT2D eigenvalue weighted by Crippen LogP contribution is -2.59. The van der Waals surface area contributed by atoms with Crippen LogP contribution in [0.2, 0.25) is 0 Å². The molecule has 2 aliphatic rings. The van der Waals surface area contributed by atoms with Crippen LogP contribution >= 0.6 is 0 Å². The Morgan fingerprint density at radius 2 is 1.71 bits per heavy atom. The van der Waals surface area contributed by atoms with E-state index in [0.29, 0.717) is 0 Å². The van der Waals surface area contributed by atoms with Crippen LogP contribution in [-0.2, 0) is 0 Å². The molecule has 0 N–H and O–H groups in total. The largest absolute Gasteiger partial charge is 0.365 e. The number of hydrogen-bond donors (Lipinski definition) is 0. The van der Waals surface area contributed by atoms with Crippen LogP contribution in [0.5, 0.6) is 0 Å². The van der Waals surface area contributed by atoms with Crippen LogP contribution in [0.15, 0.2) is 24.3 Å². The van der Waals surface area contributed by atoms with Crippen LogP contribution in [0.4, 0.5) is 5.69 Å². The van der Waals surface area contributed by atoms with Gasteiger partial charge in [-0.15, -0.1) is 0 Å². The minimum atomic E-state index is 0.858. The molecule has 2 saturated heterocycles. The third-order valence-electron chi connectivity index (χ3n) is 3.74. The van der Waals surface area contributed by atoms with E-state index in [1.54, 1.807) is 0 Å². The highest BCUT2D eigenvalue weighted by molar-refractivity contribution is 5.52. The van der Waals surface area contributed by atoms with Crippen LogP contribution in [0, 0.1) is 6.92 Å². The third kappa shape index (κ3) is 1.15. The monoisotopic (exact) mass is 187 g/mol. The summed E-state index contributed by atoms with van der Waals surface area (Å²) in [5.41, 5.74) is 2.80. The van der Waals surface area contributed by atoms with Gasteiger partial charge in [0.05, 0.1) is 0 Å². The molecule has 1 aromatic rings. The molecule has 3 rings (SSSR count). The van der Waals surface area contributed by atoms with Gasteiger partial charge in [-0.2, -0.15) is 0 Å². The summed E-state index contributed by atoms with van der Waals surface area (Å²) in [6, 6.07) is 10.7. The first-order valence-corrected chi connectivity index (χ1v) is 5.69. The van der Waals surface area contributed by atoms with Crippen molar-refractivity contribution in [3.63, 3.8) is 0 Å². The highest BCUT2D eigenvalue weighted by Gasteiger charge is 2.40. The molecule has 0 saturated carbocycles. The maximum absolute atomic E-state index is 2.63. The highest BCUT2D eigenvalue weighted by Crippen LogP contribution is 2.41. The second kappa shape index (κ2) is 3.01. The van der Waals surface area contributed by atoms with Crippen LogP contribution in [0.3, 0.4) is 0 Å². The highest BCUT2D eigenvalue weighted by atomic mass is 15.3. The maximum Gasteiger partial charge on any atom is 0.0371 e. The summed E-state index contributed by atoms with van der Waals surface area (Å²) in [6.07, 6.45) is 5.69. The normalized spacial score (nSPS) is 29.9. The zero-order valence-electron chi connectivity index (χ0n) is 8.74. The fourth-order valence-electron chi connectivity index (χ4n) is 2.94. The van der Waals surface area contributed by atoms with Crippen LogP contribution in [0.25, 0.3) is 0 Å². The molecule has 14 heavy (non-hydrogen) atoms. The summed E-state index contributed by atoms with van der Waals surface area (Å²) in [4.78, 5) is 2.63. The number of fused-ring (bicyclic) bond motifs is 2. The predicted molar refractivity (Wildman–Crippen MR) is 59.7 cm³/mol. The Labute approximate surface area is 85.7 Å². The fourth-order valence-corrected chi connectivity index (χ4v) is 2.94. The lowest BCUT2D eigenvalue weighted by atomic mass is 9.79. The molecule has 0 aromatic heterocycles. The maximum atomic E-state index is 2.63. The molecule has 2 unspecified atom stereocenters. The first-order chi connectivity index (χ1) is 6.84. The first kappa shape index (κ1) is 8.34. The number of nitrogens with zero attached hydrogens (tertiary/aromatic N) is 1. The van der Waals surface area contributed by atoms with Gasteiger partial charge in [-0.3, -0.25) is 0 Å². The van der Waals surface area contributed by atoms with Gasteiger partial charge in [0.15, 0.2) is 0 Å². The summed E-state index contributed by atoms with van der Waals surface area (Å²) in [5, 5.41) is 0. The van der Waals surface area contributed by atoms with Crippen LogP contribution in [-0.4, -0.2) is 12.1 Å². The molecular weight excluding hydrogens is 170 g/mol. The molecule has 0 radical (unpaired) electrons. The number of anilines is 1. The van der Waals surface area contributed by atoms with Crippen molar-refractivity contribution in [3.8, 4) is 0 Å². The molecule has 2 aliphatic heterocycles. The second-order valence-corrected chi connectivity index (χ2v) is 4.72. The molecule has 74 valence electrons.